The van der Waals surface area contributed by atoms with Crippen LogP contribution >= 0.6 is 0 Å². The Hall–Kier alpha value is -3.72. The number of hydrogen-bond acceptors (Lipinski definition) is 5. The summed E-state index contributed by atoms with van der Waals surface area (Å²) in [6, 6.07) is 11.6. The zero-order valence-electron chi connectivity index (χ0n) is 19.6. The summed E-state index contributed by atoms with van der Waals surface area (Å²) < 4.78 is 28.9. The molecule has 2 aromatic carbocycles. The fraction of sp³-hybridized carbons (Fsp3) is 0.333. The molecule has 2 saturated heterocycles. The van der Waals surface area contributed by atoms with Gasteiger partial charge in [-0.05, 0) is 42.6 Å². The Morgan fingerprint density at radius 1 is 0.972 bits per heavy atom. The molecule has 3 aliphatic rings. The van der Waals surface area contributed by atoms with Crippen LogP contribution in [0, 0.1) is 11.6 Å². The van der Waals surface area contributed by atoms with Crippen molar-refractivity contribution in [1.29, 1.82) is 0 Å². The van der Waals surface area contributed by atoms with Crippen LogP contribution in [-0.2, 0) is 17.8 Å². The number of nitrogens with zero attached hydrogens (tertiary/aromatic N) is 3. The van der Waals surface area contributed by atoms with Crippen molar-refractivity contribution in [2.75, 3.05) is 19.6 Å². The maximum absolute atomic E-state index is 14.4. The summed E-state index contributed by atoms with van der Waals surface area (Å²) in [6.45, 7) is 2.76. The van der Waals surface area contributed by atoms with E-state index < -0.39 is 11.6 Å². The first kappa shape index (κ1) is 22.7. The molecule has 4 heterocycles. The Kier molecular flexibility index (Phi) is 5.72. The first-order chi connectivity index (χ1) is 17.5. The van der Waals surface area contributed by atoms with Crippen molar-refractivity contribution in [3.63, 3.8) is 0 Å². The van der Waals surface area contributed by atoms with E-state index in [4.69, 9.17) is 0 Å². The van der Waals surface area contributed by atoms with E-state index in [2.05, 4.69) is 20.6 Å². The van der Waals surface area contributed by atoms with Gasteiger partial charge in [0.25, 0.3) is 5.91 Å². The third-order valence-electron chi connectivity index (χ3n) is 7.36. The maximum Gasteiger partial charge on any atom is 0.255 e. The summed E-state index contributed by atoms with van der Waals surface area (Å²) in [4.78, 5) is 36.2. The molecule has 184 valence electrons. The summed E-state index contributed by atoms with van der Waals surface area (Å²) in [7, 11) is 0. The number of likely N-dealkylation sites (tertiary alicyclic amines) is 1. The van der Waals surface area contributed by atoms with Crippen LogP contribution in [0.25, 0.3) is 11.4 Å². The van der Waals surface area contributed by atoms with Crippen LogP contribution in [0.1, 0.15) is 51.6 Å². The first-order valence-corrected chi connectivity index (χ1v) is 12.2. The molecule has 0 aliphatic carbocycles. The van der Waals surface area contributed by atoms with Crippen LogP contribution in [0.3, 0.4) is 0 Å². The van der Waals surface area contributed by atoms with Gasteiger partial charge in [0, 0.05) is 25.6 Å². The molecule has 0 unspecified atom stereocenters. The van der Waals surface area contributed by atoms with Crippen LogP contribution in [-0.4, -0.2) is 52.4 Å². The molecule has 6 rings (SSSR count). The molecule has 2 atom stereocenters. The van der Waals surface area contributed by atoms with E-state index in [1.165, 1.54) is 6.07 Å². The molecule has 36 heavy (non-hydrogen) atoms. The molecule has 0 saturated carbocycles. The van der Waals surface area contributed by atoms with Crippen molar-refractivity contribution in [2.45, 2.75) is 37.8 Å². The number of fused-ring (bicyclic) bond motifs is 1. The predicted molar refractivity (Wildman–Crippen MR) is 128 cm³/mol. The molecule has 0 bridgehead atoms. The number of carbonyl (C=O) groups excluding carboxylic acids is 2. The lowest BCUT2D eigenvalue weighted by Crippen LogP contribution is -2.38. The Labute approximate surface area is 206 Å². The number of benzene rings is 2. The number of aromatic nitrogens is 2. The lowest BCUT2D eigenvalue weighted by molar-refractivity contribution is -0.130. The molecule has 0 radical (unpaired) electrons. The zero-order chi connectivity index (χ0) is 24.8. The number of carbonyl (C=O) groups is 2. The van der Waals surface area contributed by atoms with Crippen LogP contribution in [0.15, 0.2) is 42.5 Å². The Morgan fingerprint density at radius 3 is 2.47 bits per heavy atom. The number of halogens is 2. The number of rotatable bonds is 5. The van der Waals surface area contributed by atoms with Gasteiger partial charge in [-0.15, -0.1) is 0 Å². The van der Waals surface area contributed by atoms with Crippen LogP contribution in [0.2, 0.25) is 0 Å². The molecule has 2 N–H and O–H groups in total. The van der Waals surface area contributed by atoms with Crippen molar-refractivity contribution < 1.29 is 18.4 Å². The molecule has 2 fully saturated rings. The molecule has 7 nitrogen and oxygen atoms in total. The molecule has 2 amide bonds. The largest absolute Gasteiger partial charge is 0.346 e. The number of nitrogens with one attached hydrogen (secondary N) is 2. The van der Waals surface area contributed by atoms with Gasteiger partial charge < -0.3 is 15.5 Å². The standard InChI is InChI=1S/C27H25F2N5O2/c28-19-2-1-3-20(29)23(19)25-32-21(24-22(33-25)14-31-26(24)35)12-15-4-6-16(7-5-15)18-9-11-34(27(18)36)17-8-10-30-13-17/h1-7,17-18,30H,8-14H2,(H,31,35)/t17-,18-/m0/s1. The van der Waals surface area contributed by atoms with Gasteiger partial charge in [-0.1, -0.05) is 30.3 Å². The van der Waals surface area contributed by atoms with E-state index in [0.29, 0.717) is 23.4 Å². The van der Waals surface area contributed by atoms with Crippen molar-refractivity contribution in [2.24, 2.45) is 0 Å². The Balaban J connectivity index is 1.27. The van der Waals surface area contributed by atoms with Gasteiger partial charge in [0.2, 0.25) is 5.91 Å². The minimum absolute atomic E-state index is 0.0782. The molecule has 3 aromatic rings. The van der Waals surface area contributed by atoms with E-state index >= 15 is 0 Å². The minimum atomic E-state index is -0.758. The lowest BCUT2D eigenvalue weighted by Gasteiger charge is -2.23. The molecule has 3 aliphatic heterocycles. The van der Waals surface area contributed by atoms with Gasteiger partial charge in [0.15, 0.2) is 5.82 Å². The van der Waals surface area contributed by atoms with Crippen molar-refractivity contribution in [1.82, 2.24) is 25.5 Å². The van der Waals surface area contributed by atoms with Gasteiger partial charge in [-0.2, -0.15) is 0 Å². The Morgan fingerprint density at radius 2 is 1.75 bits per heavy atom. The first-order valence-electron chi connectivity index (χ1n) is 12.2. The fourth-order valence-corrected chi connectivity index (χ4v) is 5.49. The van der Waals surface area contributed by atoms with Gasteiger partial charge in [0.05, 0.1) is 35.0 Å². The summed E-state index contributed by atoms with van der Waals surface area (Å²) in [5, 5.41) is 6.04. The van der Waals surface area contributed by atoms with Gasteiger partial charge in [-0.3, -0.25) is 9.59 Å². The maximum atomic E-state index is 14.4. The third kappa shape index (κ3) is 3.93. The highest BCUT2D eigenvalue weighted by atomic mass is 19.1. The number of amides is 2. The molecule has 0 spiro atoms. The second-order valence-corrected chi connectivity index (χ2v) is 9.53. The summed E-state index contributed by atoms with van der Waals surface area (Å²) in [6.07, 6.45) is 2.08. The van der Waals surface area contributed by atoms with E-state index in [0.717, 1.165) is 55.7 Å². The van der Waals surface area contributed by atoms with Crippen LogP contribution in [0.5, 0.6) is 0 Å². The normalized spacial score (nSPS) is 21.2. The predicted octanol–water partition coefficient (Wildman–Crippen LogP) is 2.93. The minimum Gasteiger partial charge on any atom is -0.346 e. The average Bonchev–Trinajstić information content (AvgIpc) is 3.60. The summed E-state index contributed by atoms with van der Waals surface area (Å²) >= 11 is 0. The molecular weight excluding hydrogens is 464 g/mol. The van der Waals surface area contributed by atoms with Crippen molar-refractivity contribution in [3.8, 4) is 11.4 Å². The topological polar surface area (TPSA) is 87.2 Å². The SMILES string of the molecule is O=C1NCc2nc(-c3c(F)cccc3F)nc(Cc3ccc([C@@H]4CCN([C@H]5CCNC5)C4=O)cc3)c21. The van der Waals surface area contributed by atoms with Crippen molar-refractivity contribution in [3.05, 3.63) is 82.2 Å². The smallest absolute Gasteiger partial charge is 0.255 e. The van der Waals surface area contributed by atoms with Gasteiger partial charge >= 0.3 is 0 Å². The monoisotopic (exact) mass is 489 g/mol. The Bertz CT molecular complexity index is 1330. The highest BCUT2D eigenvalue weighted by molar-refractivity contribution is 5.99. The number of hydrogen-bond donors (Lipinski definition) is 2. The van der Waals surface area contributed by atoms with Crippen molar-refractivity contribution >= 4 is 11.8 Å². The molecule has 9 heteroatoms. The quantitative estimate of drug-likeness (QED) is 0.576. The second-order valence-electron chi connectivity index (χ2n) is 9.53. The van der Waals surface area contributed by atoms with E-state index in [1.807, 2.05) is 29.2 Å². The third-order valence-corrected chi connectivity index (χ3v) is 7.36. The lowest BCUT2D eigenvalue weighted by atomic mass is 9.95. The van der Waals surface area contributed by atoms with E-state index in [9.17, 15) is 18.4 Å². The average molecular weight is 490 g/mol. The highest BCUT2D eigenvalue weighted by Crippen LogP contribution is 2.32. The summed E-state index contributed by atoms with van der Waals surface area (Å²) in [5.41, 5.74) is 2.73. The van der Waals surface area contributed by atoms with E-state index in [-0.39, 0.29) is 41.7 Å². The van der Waals surface area contributed by atoms with Crippen LogP contribution < -0.4 is 10.6 Å². The van der Waals surface area contributed by atoms with Crippen LogP contribution in [0.4, 0.5) is 8.78 Å². The highest BCUT2D eigenvalue weighted by Gasteiger charge is 2.37. The molecular formula is C27H25F2N5O2. The second kappa shape index (κ2) is 9.05. The summed E-state index contributed by atoms with van der Waals surface area (Å²) in [5.74, 6) is -1.86. The molecule has 1 aromatic heterocycles. The fourth-order valence-electron chi connectivity index (χ4n) is 5.49. The van der Waals surface area contributed by atoms with Gasteiger partial charge in [-0.25, -0.2) is 18.7 Å². The van der Waals surface area contributed by atoms with Gasteiger partial charge in [0.1, 0.15) is 11.6 Å². The van der Waals surface area contributed by atoms with E-state index in [1.54, 1.807) is 0 Å². The zero-order valence-corrected chi connectivity index (χ0v) is 19.6.